The number of sulfone groups is 1. The zero-order chi connectivity index (χ0) is 21.4. The van der Waals surface area contributed by atoms with Crippen LogP contribution < -0.4 is 4.74 Å². The molecule has 1 heterocycles. The summed E-state index contributed by atoms with van der Waals surface area (Å²) in [5.74, 6) is -0.854. The number of hydrogen-bond acceptors (Lipinski definition) is 5. The third-order valence-corrected chi connectivity index (χ3v) is 5.59. The van der Waals surface area contributed by atoms with Crippen LogP contribution >= 0.6 is 0 Å². The molecule has 2 rings (SSSR count). The van der Waals surface area contributed by atoms with Crippen molar-refractivity contribution in [2.45, 2.75) is 45.3 Å². The van der Waals surface area contributed by atoms with Crippen molar-refractivity contribution in [3.05, 3.63) is 40.1 Å². The van der Waals surface area contributed by atoms with Crippen LogP contribution in [0.3, 0.4) is 0 Å². The fourth-order valence-corrected chi connectivity index (χ4v) is 4.57. The minimum Gasteiger partial charge on any atom is -0.478 e. The first-order valence-electron chi connectivity index (χ1n) is 8.49. The Morgan fingerprint density at radius 3 is 2.29 bits per heavy atom. The maximum absolute atomic E-state index is 13.8. The third-order valence-electron chi connectivity index (χ3n) is 4.22. The summed E-state index contributed by atoms with van der Waals surface area (Å²) >= 11 is 0. The molecular weight excluding hydrogens is 397 g/mol. The van der Waals surface area contributed by atoms with E-state index in [0.29, 0.717) is 6.54 Å². The van der Waals surface area contributed by atoms with Gasteiger partial charge in [0.2, 0.25) is 11.7 Å². The van der Waals surface area contributed by atoms with E-state index in [1.807, 2.05) is 0 Å². The van der Waals surface area contributed by atoms with Gasteiger partial charge >= 0.3 is 6.18 Å². The number of rotatable bonds is 6. The van der Waals surface area contributed by atoms with Gasteiger partial charge in [0.15, 0.2) is 9.84 Å². The first-order valence-corrected chi connectivity index (χ1v) is 10.4. The van der Waals surface area contributed by atoms with Crippen LogP contribution in [0.4, 0.5) is 13.2 Å². The number of ether oxygens (including phenoxy) is 1. The van der Waals surface area contributed by atoms with Crippen LogP contribution in [0.5, 0.6) is 5.88 Å². The van der Waals surface area contributed by atoms with Crippen LogP contribution in [0.1, 0.15) is 46.5 Å². The molecule has 0 amide bonds. The monoisotopic (exact) mass is 418 g/mol. The van der Waals surface area contributed by atoms with E-state index >= 15 is 0 Å². The van der Waals surface area contributed by atoms with Gasteiger partial charge in [0.25, 0.3) is 0 Å². The molecule has 1 aromatic carbocycles. The molecule has 0 radical (unpaired) electrons. The summed E-state index contributed by atoms with van der Waals surface area (Å²) in [4.78, 5) is 12.6. The standard InChI is InChI=1S/C18H21F3N2O4S/c1-6-23-17(27-7-2)13(9-22-23)15(24)12-8-10(3)16(28(5,25)26)11(4)14(12)18(19,20)21/h8-9H,6-7H2,1-5H3. The highest BCUT2D eigenvalue weighted by Gasteiger charge is 2.40. The molecule has 0 fully saturated rings. The van der Waals surface area contributed by atoms with Gasteiger partial charge in [-0.1, -0.05) is 0 Å². The number of ketones is 1. The first-order chi connectivity index (χ1) is 12.8. The summed E-state index contributed by atoms with van der Waals surface area (Å²) in [5.41, 5.74) is -2.45. The Labute approximate surface area is 161 Å². The minimum absolute atomic E-state index is 0.0668. The Hall–Kier alpha value is -2.36. The average Bonchev–Trinajstić information content (AvgIpc) is 2.94. The van der Waals surface area contributed by atoms with Gasteiger partial charge in [0.1, 0.15) is 5.56 Å². The number of aryl methyl sites for hydroxylation is 2. The number of benzene rings is 1. The molecule has 2 aromatic rings. The minimum atomic E-state index is -4.92. The fraction of sp³-hybridized carbons (Fsp3) is 0.444. The van der Waals surface area contributed by atoms with E-state index in [1.165, 1.54) is 11.6 Å². The summed E-state index contributed by atoms with van der Waals surface area (Å²) in [6.45, 7) is 6.40. The number of nitrogens with zero attached hydrogens (tertiary/aromatic N) is 2. The molecule has 0 saturated carbocycles. The van der Waals surface area contributed by atoms with Crippen molar-refractivity contribution in [2.75, 3.05) is 12.9 Å². The SMILES string of the molecule is CCOc1c(C(=O)c2cc(C)c(S(C)(=O)=O)c(C)c2C(F)(F)F)cnn1CC. The van der Waals surface area contributed by atoms with Gasteiger partial charge in [-0.25, -0.2) is 13.1 Å². The normalized spacial score (nSPS) is 12.3. The second kappa shape index (κ2) is 7.57. The Kier molecular flexibility index (Phi) is 5.93. The Morgan fingerprint density at radius 1 is 1.21 bits per heavy atom. The van der Waals surface area contributed by atoms with Gasteiger partial charge < -0.3 is 4.74 Å². The zero-order valence-electron chi connectivity index (χ0n) is 16.1. The quantitative estimate of drug-likeness (QED) is 0.670. The van der Waals surface area contributed by atoms with Crippen LogP contribution in [0.2, 0.25) is 0 Å². The number of carbonyl (C=O) groups excluding carboxylic acids is 1. The van der Waals surface area contributed by atoms with E-state index in [-0.39, 0.29) is 23.6 Å². The molecule has 0 aliphatic carbocycles. The summed E-state index contributed by atoms with van der Waals surface area (Å²) < 4.78 is 72.2. The highest BCUT2D eigenvalue weighted by atomic mass is 32.2. The predicted molar refractivity (Wildman–Crippen MR) is 96.5 cm³/mol. The Morgan fingerprint density at radius 2 is 1.82 bits per heavy atom. The number of halogens is 3. The van der Waals surface area contributed by atoms with E-state index in [9.17, 15) is 26.4 Å². The highest BCUT2D eigenvalue weighted by Crippen LogP contribution is 2.40. The summed E-state index contributed by atoms with van der Waals surface area (Å²) in [7, 11) is -3.92. The van der Waals surface area contributed by atoms with E-state index in [2.05, 4.69) is 5.10 Å². The fourth-order valence-electron chi connectivity index (χ4n) is 3.27. The van der Waals surface area contributed by atoms with Gasteiger partial charge in [-0.3, -0.25) is 4.79 Å². The number of hydrogen-bond donors (Lipinski definition) is 0. The Balaban J connectivity index is 2.83. The molecule has 0 unspecified atom stereocenters. The van der Waals surface area contributed by atoms with Crippen molar-refractivity contribution in [3.8, 4) is 5.88 Å². The smallest absolute Gasteiger partial charge is 0.417 e. The van der Waals surface area contributed by atoms with Crippen LogP contribution in [0.25, 0.3) is 0 Å². The van der Waals surface area contributed by atoms with Crippen molar-refractivity contribution in [2.24, 2.45) is 0 Å². The maximum Gasteiger partial charge on any atom is 0.417 e. The van der Waals surface area contributed by atoms with E-state index in [1.54, 1.807) is 13.8 Å². The molecule has 10 heteroatoms. The largest absolute Gasteiger partial charge is 0.478 e. The second-order valence-electron chi connectivity index (χ2n) is 6.28. The topological polar surface area (TPSA) is 78.3 Å². The van der Waals surface area contributed by atoms with E-state index in [0.717, 1.165) is 25.4 Å². The number of alkyl halides is 3. The summed E-state index contributed by atoms with van der Waals surface area (Å²) in [6, 6.07) is 0.966. The van der Waals surface area contributed by atoms with E-state index in [4.69, 9.17) is 4.74 Å². The lowest BCUT2D eigenvalue weighted by molar-refractivity contribution is -0.138. The van der Waals surface area contributed by atoms with Crippen LogP contribution in [-0.2, 0) is 22.6 Å². The molecule has 0 saturated heterocycles. The van der Waals surface area contributed by atoms with Crippen molar-refractivity contribution < 1.29 is 31.1 Å². The van der Waals surface area contributed by atoms with E-state index < -0.39 is 43.4 Å². The molecule has 1 aromatic heterocycles. The molecule has 0 bridgehead atoms. The van der Waals surface area contributed by atoms with Crippen molar-refractivity contribution in [1.29, 1.82) is 0 Å². The predicted octanol–water partition coefficient (Wildman–Crippen LogP) is 3.57. The Bertz CT molecular complexity index is 1020. The van der Waals surface area contributed by atoms with Crippen LogP contribution in [0, 0.1) is 13.8 Å². The molecule has 154 valence electrons. The maximum atomic E-state index is 13.8. The van der Waals surface area contributed by atoms with Gasteiger partial charge in [0, 0.05) is 18.4 Å². The second-order valence-corrected chi connectivity index (χ2v) is 8.23. The number of carbonyl (C=O) groups is 1. The van der Waals surface area contributed by atoms with Crippen LogP contribution in [-0.4, -0.2) is 36.8 Å². The van der Waals surface area contributed by atoms with Gasteiger partial charge in [0.05, 0.1) is 23.3 Å². The number of aromatic nitrogens is 2. The average molecular weight is 418 g/mol. The molecular formula is C18H21F3N2O4S. The summed E-state index contributed by atoms with van der Waals surface area (Å²) in [6.07, 6.45) is -2.93. The first kappa shape index (κ1) is 21.9. The van der Waals surface area contributed by atoms with Gasteiger partial charge in [-0.05, 0) is 44.9 Å². The zero-order valence-corrected chi connectivity index (χ0v) is 17.0. The third kappa shape index (κ3) is 3.91. The molecule has 0 N–H and O–H groups in total. The lowest BCUT2D eigenvalue weighted by atomic mass is 9.93. The molecule has 0 aliphatic rings. The molecule has 0 atom stereocenters. The lowest BCUT2D eigenvalue weighted by Crippen LogP contribution is -2.19. The molecule has 0 spiro atoms. The summed E-state index contributed by atoms with van der Waals surface area (Å²) in [5, 5.41) is 3.99. The van der Waals surface area contributed by atoms with Crippen LogP contribution in [0.15, 0.2) is 17.2 Å². The molecule has 6 nitrogen and oxygen atoms in total. The van der Waals surface area contributed by atoms with Crippen molar-refractivity contribution >= 4 is 15.6 Å². The van der Waals surface area contributed by atoms with Crippen molar-refractivity contribution in [3.63, 3.8) is 0 Å². The van der Waals surface area contributed by atoms with Gasteiger partial charge in [-0.15, -0.1) is 0 Å². The molecule has 0 aliphatic heterocycles. The molecule has 28 heavy (non-hydrogen) atoms. The van der Waals surface area contributed by atoms with Crippen molar-refractivity contribution in [1.82, 2.24) is 9.78 Å². The van der Waals surface area contributed by atoms with Gasteiger partial charge in [-0.2, -0.15) is 18.3 Å². The lowest BCUT2D eigenvalue weighted by Gasteiger charge is -2.19. The highest BCUT2D eigenvalue weighted by molar-refractivity contribution is 7.90.